The molecule has 1 rings (SSSR count). The molecule has 0 amide bonds. The molecule has 0 saturated heterocycles. The van der Waals surface area contributed by atoms with Crippen LogP contribution in [0.4, 0.5) is 0 Å². The van der Waals surface area contributed by atoms with Crippen molar-refractivity contribution in [3.05, 3.63) is 27.7 Å². The van der Waals surface area contributed by atoms with E-state index in [0.29, 0.717) is 0 Å². The average Bonchev–Trinajstić information content (AvgIpc) is 2.08. The Morgan fingerprint density at radius 1 is 1.46 bits per heavy atom. The Hall–Kier alpha value is -0.540. The number of hydrogen-bond donors (Lipinski definition) is 1. The first kappa shape index (κ1) is 10.5. The fourth-order valence-electron chi connectivity index (χ4n) is 1.22. The zero-order valence-corrected chi connectivity index (χ0v) is 9.55. The second kappa shape index (κ2) is 4.11. The minimum Gasteiger partial charge on any atom is -0.496 e. The number of rotatable bonds is 2. The molecule has 0 fully saturated rings. The molecule has 1 atom stereocenters. The van der Waals surface area contributed by atoms with Crippen LogP contribution < -0.4 is 4.74 Å². The smallest absolute Gasteiger partial charge is 0.133 e. The van der Waals surface area contributed by atoms with Gasteiger partial charge in [-0.3, -0.25) is 0 Å². The van der Waals surface area contributed by atoms with Gasteiger partial charge in [-0.05, 0) is 47.0 Å². The first-order valence-electron chi connectivity index (χ1n) is 4.08. The Bertz CT molecular complexity index is 308. The normalized spacial score (nSPS) is 12.7. The summed E-state index contributed by atoms with van der Waals surface area (Å²) in [6, 6.07) is 3.87. The summed E-state index contributed by atoms with van der Waals surface area (Å²) in [5.74, 6) is 0.760. The number of ether oxygens (including phenoxy) is 1. The van der Waals surface area contributed by atoms with Crippen LogP contribution in [0.1, 0.15) is 24.2 Å². The van der Waals surface area contributed by atoms with Crippen LogP contribution in [0.3, 0.4) is 0 Å². The molecule has 1 unspecified atom stereocenters. The first-order chi connectivity index (χ1) is 6.06. The van der Waals surface area contributed by atoms with Gasteiger partial charge in [0.15, 0.2) is 0 Å². The predicted octanol–water partition coefficient (Wildman–Crippen LogP) is 2.82. The average molecular weight is 245 g/mol. The van der Waals surface area contributed by atoms with Gasteiger partial charge in [0.25, 0.3) is 0 Å². The second-order valence-electron chi connectivity index (χ2n) is 3.05. The third-order valence-corrected chi connectivity index (χ3v) is 2.73. The zero-order chi connectivity index (χ0) is 10.0. The molecule has 1 aromatic carbocycles. The molecule has 2 nitrogen and oxygen atoms in total. The number of hydrogen-bond acceptors (Lipinski definition) is 2. The monoisotopic (exact) mass is 244 g/mol. The molecule has 1 N–H and O–H groups in total. The lowest BCUT2D eigenvalue weighted by atomic mass is 10.1. The van der Waals surface area contributed by atoms with Crippen molar-refractivity contribution >= 4 is 15.9 Å². The van der Waals surface area contributed by atoms with Crippen molar-refractivity contribution < 1.29 is 9.84 Å². The molecule has 72 valence electrons. The van der Waals surface area contributed by atoms with Gasteiger partial charge in [-0.15, -0.1) is 0 Å². The van der Waals surface area contributed by atoms with Crippen molar-refractivity contribution in [1.82, 2.24) is 0 Å². The van der Waals surface area contributed by atoms with Crippen LogP contribution in [0.15, 0.2) is 16.6 Å². The van der Waals surface area contributed by atoms with Crippen LogP contribution >= 0.6 is 15.9 Å². The number of aryl methyl sites for hydroxylation is 1. The Balaban J connectivity index is 3.27. The molecule has 13 heavy (non-hydrogen) atoms. The van der Waals surface area contributed by atoms with Gasteiger partial charge in [-0.2, -0.15) is 0 Å². The van der Waals surface area contributed by atoms with Gasteiger partial charge in [0.05, 0.1) is 17.7 Å². The van der Waals surface area contributed by atoms with Gasteiger partial charge in [-0.25, -0.2) is 0 Å². The molecule has 3 heteroatoms. The van der Waals surface area contributed by atoms with E-state index in [4.69, 9.17) is 4.74 Å². The lowest BCUT2D eigenvalue weighted by molar-refractivity contribution is 0.198. The largest absolute Gasteiger partial charge is 0.496 e. The van der Waals surface area contributed by atoms with Gasteiger partial charge in [0, 0.05) is 0 Å². The third kappa shape index (κ3) is 2.23. The lowest BCUT2D eigenvalue weighted by Gasteiger charge is -2.12. The number of aliphatic hydroxyl groups excluding tert-OH is 1. The van der Waals surface area contributed by atoms with Crippen LogP contribution in [0.5, 0.6) is 5.75 Å². The van der Waals surface area contributed by atoms with E-state index in [-0.39, 0.29) is 0 Å². The Morgan fingerprint density at radius 2 is 2.08 bits per heavy atom. The maximum absolute atomic E-state index is 9.46. The van der Waals surface area contributed by atoms with Crippen molar-refractivity contribution in [2.75, 3.05) is 7.11 Å². The fourth-order valence-corrected chi connectivity index (χ4v) is 1.94. The molecule has 0 heterocycles. The Morgan fingerprint density at radius 3 is 2.54 bits per heavy atom. The van der Waals surface area contributed by atoms with Crippen LogP contribution in [-0.4, -0.2) is 12.2 Å². The van der Waals surface area contributed by atoms with E-state index < -0.39 is 6.10 Å². The number of benzene rings is 1. The van der Waals surface area contributed by atoms with Gasteiger partial charge < -0.3 is 9.84 Å². The van der Waals surface area contributed by atoms with E-state index in [1.165, 1.54) is 0 Å². The highest BCUT2D eigenvalue weighted by Gasteiger charge is 2.11. The zero-order valence-electron chi connectivity index (χ0n) is 7.97. The number of aliphatic hydroxyl groups is 1. The number of methoxy groups -OCH3 is 1. The van der Waals surface area contributed by atoms with E-state index in [2.05, 4.69) is 15.9 Å². The standard InChI is InChI=1S/C10H13BrO2/c1-6-4-8(7(2)12)10(11)9(5-6)13-3/h4-5,7,12H,1-3H3. The first-order valence-corrected chi connectivity index (χ1v) is 4.87. The maximum atomic E-state index is 9.46. The third-order valence-electron chi connectivity index (χ3n) is 1.88. The quantitative estimate of drug-likeness (QED) is 0.868. The highest BCUT2D eigenvalue weighted by molar-refractivity contribution is 9.10. The lowest BCUT2D eigenvalue weighted by Crippen LogP contribution is -1.96. The highest BCUT2D eigenvalue weighted by atomic mass is 79.9. The predicted molar refractivity (Wildman–Crippen MR) is 56.1 cm³/mol. The summed E-state index contributed by atoms with van der Waals surface area (Å²) >= 11 is 3.39. The van der Waals surface area contributed by atoms with E-state index >= 15 is 0 Å². The summed E-state index contributed by atoms with van der Waals surface area (Å²) in [7, 11) is 1.62. The van der Waals surface area contributed by atoms with Gasteiger partial charge in [-0.1, -0.05) is 6.07 Å². The molecule has 0 aliphatic carbocycles. The molecular weight excluding hydrogens is 232 g/mol. The van der Waals surface area contributed by atoms with Crippen molar-refractivity contribution in [3.63, 3.8) is 0 Å². The van der Waals surface area contributed by atoms with Crippen molar-refractivity contribution in [2.24, 2.45) is 0 Å². The molecule has 0 radical (unpaired) electrons. The second-order valence-corrected chi connectivity index (χ2v) is 3.84. The molecule has 0 saturated carbocycles. The van der Waals surface area contributed by atoms with Gasteiger partial charge in [0.2, 0.25) is 0 Å². The Labute approximate surface area is 86.7 Å². The van der Waals surface area contributed by atoms with Crippen molar-refractivity contribution in [1.29, 1.82) is 0 Å². The van der Waals surface area contributed by atoms with Gasteiger partial charge >= 0.3 is 0 Å². The summed E-state index contributed by atoms with van der Waals surface area (Å²) in [5.41, 5.74) is 1.94. The SMILES string of the molecule is COc1cc(C)cc(C(C)O)c1Br. The molecule has 0 aliphatic rings. The topological polar surface area (TPSA) is 29.5 Å². The highest BCUT2D eigenvalue weighted by Crippen LogP contribution is 2.33. The van der Waals surface area contributed by atoms with Crippen molar-refractivity contribution in [2.45, 2.75) is 20.0 Å². The van der Waals surface area contributed by atoms with Crippen LogP contribution in [0, 0.1) is 6.92 Å². The van der Waals surface area contributed by atoms with E-state index in [0.717, 1.165) is 21.3 Å². The van der Waals surface area contributed by atoms with Crippen LogP contribution in [-0.2, 0) is 0 Å². The summed E-state index contributed by atoms with van der Waals surface area (Å²) in [4.78, 5) is 0. The molecule has 1 aromatic rings. The maximum Gasteiger partial charge on any atom is 0.133 e. The summed E-state index contributed by atoms with van der Waals surface area (Å²) < 4.78 is 5.99. The molecule has 0 spiro atoms. The van der Waals surface area contributed by atoms with Crippen LogP contribution in [0.25, 0.3) is 0 Å². The van der Waals surface area contributed by atoms with Crippen molar-refractivity contribution in [3.8, 4) is 5.75 Å². The summed E-state index contributed by atoms with van der Waals surface area (Å²) in [6.07, 6.45) is -0.483. The van der Waals surface area contributed by atoms with E-state index in [1.807, 2.05) is 19.1 Å². The minimum atomic E-state index is -0.483. The number of halogens is 1. The molecule has 0 bridgehead atoms. The molecule has 0 aromatic heterocycles. The van der Waals surface area contributed by atoms with Gasteiger partial charge in [0.1, 0.15) is 5.75 Å². The minimum absolute atomic E-state index is 0.483. The summed E-state index contributed by atoms with van der Waals surface area (Å²) in [6.45, 7) is 3.71. The molecule has 0 aliphatic heterocycles. The van der Waals surface area contributed by atoms with E-state index in [1.54, 1.807) is 14.0 Å². The fraction of sp³-hybridized carbons (Fsp3) is 0.400. The van der Waals surface area contributed by atoms with E-state index in [9.17, 15) is 5.11 Å². The summed E-state index contributed by atoms with van der Waals surface area (Å²) in [5, 5.41) is 9.46. The Kier molecular flexibility index (Phi) is 3.33. The molecular formula is C10H13BrO2. The van der Waals surface area contributed by atoms with Crippen LogP contribution in [0.2, 0.25) is 0 Å².